The Bertz CT molecular complexity index is 314. The van der Waals surface area contributed by atoms with Gasteiger partial charge in [0.2, 0.25) is 5.91 Å². The zero-order chi connectivity index (χ0) is 11.4. The molecule has 90 valence electrons. The largest absolute Gasteiger partial charge is 0.390 e. The van der Waals surface area contributed by atoms with E-state index in [1.165, 1.54) is 6.42 Å². The average molecular weight is 225 g/mol. The van der Waals surface area contributed by atoms with Crippen molar-refractivity contribution >= 4 is 5.91 Å². The van der Waals surface area contributed by atoms with Crippen molar-refractivity contribution in [3.8, 4) is 0 Å². The lowest BCUT2D eigenvalue weighted by Crippen LogP contribution is -2.56. The molecule has 0 radical (unpaired) electrons. The fraction of sp³-hybridized carbons (Fsp3) is 0.917. The summed E-state index contributed by atoms with van der Waals surface area (Å²) in [4.78, 5) is 11.4. The monoisotopic (exact) mass is 225 g/mol. The third-order valence-electron chi connectivity index (χ3n) is 4.81. The SMILES string of the molecule is O=C(CC12CC3CC(CC(O)(C3)C1)C2)NO. The molecule has 4 saturated carbocycles. The Morgan fingerprint density at radius 2 is 1.88 bits per heavy atom. The van der Waals surface area contributed by atoms with Crippen LogP contribution in [0.4, 0.5) is 0 Å². The molecule has 0 saturated heterocycles. The van der Waals surface area contributed by atoms with Crippen LogP contribution in [0.15, 0.2) is 0 Å². The molecular weight excluding hydrogens is 206 g/mol. The first-order valence-corrected chi connectivity index (χ1v) is 6.18. The van der Waals surface area contributed by atoms with E-state index in [0.717, 1.165) is 32.1 Å². The minimum atomic E-state index is -0.514. The fourth-order valence-electron chi connectivity index (χ4n) is 4.99. The lowest BCUT2D eigenvalue weighted by molar-refractivity contribution is -0.171. The van der Waals surface area contributed by atoms with Crippen LogP contribution in [0.2, 0.25) is 0 Å². The molecule has 0 aromatic carbocycles. The van der Waals surface area contributed by atoms with Gasteiger partial charge in [-0.1, -0.05) is 0 Å². The minimum Gasteiger partial charge on any atom is -0.390 e. The molecule has 0 spiro atoms. The van der Waals surface area contributed by atoms with Crippen LogP contribution >= 0.6 is 0 Å². The number of carbonyl (C=O) groups is 1. The standard InChI is InChI=1S/C12H19NO3/c14-10(13-16)6-11-2-8-1-9(3-11)5-12(15,4-8)7-11/h8-9,15-16H,1-7H2,(H,13,14). The number of amides is 1. The topological polar surface area (TPSA) is 69.6 Å². The molecule has 0 aromatic heterocycles. The normalized spacial score (nSPS) is 49.4. The van der Waals surface area contributed by atoms with Gasteiger partial charge in [0.1, 0.15) is 0 Å². The first kappa shape index (κ1) is 10.5. The van der Waals surface area contributed by atoms with E-state index in [0.29, 0.717) is 18.3 Å². The van der Waals surface area contributed by atoms with E-state index in [9.17, 15) is 9.90 Å². The quantitative estimate of drug-likeness (QED) is 0.489. The van der Waals surface area contributed by atoms with Crippen LogP contribution in [0.1, 0.15) is 44.9 Å². The highest BCUT2D eigenvalue weighted by molar-refractivity contribution is 5.75. The van der Waals surface area contributed by atoms with Gasteiger partial charge in [0.15, 0.2) is 0 Å². The summed E-state index contributed by atoms with van der Waals surface area (Å²) < 4.78 is 0. The summed E-state index contributed by atoms with van der Waals surface area (Å²) in [6.45, 7) is 0. The van der Waals surface area contributed by atoms with Crippen molar-refractivity contribution in [2.24, 2.45) is 17.3 Å². The van der Waals surface area contributed by atoms with E-state index in [2.05, 4.69) is 0 Å². The van der Waals surface area contributed by atoms with E-state index in [-0.39, 0.29) is 11.3 Å². The van der Waals surface area contributed by atoms with E-state index in [1.54, 1.807) is 5.48 Å². The maximum Gasteiger partial charge on any atom is 0.243 e. The zero-order valence-electron chi connectivity index (χ0n) is 9.41. The molecule has 4 aliphatic rings. The van der Waals surface area contributed by atoms with Gasteiger partial charge in [0.05, 0.1) is 5.60 Å². The summed E-state index contributed by atoms with van der Waals surface area (Å²) in [6.07, 6.45) is 6.31. The third kappa shape index (κ3) is 1.55. The highest BCUT2D eigenvalue weighted by atomic mass is 16.5. The van der Waals surface area contributed by atoms with Crippen LogP contribution in [0.3, 0.4) is 0 Å². The van der Waals surface area contributed by atoms with Crippen LogP contribution in [0, 0.1) is 17.3 Å². The summed E-state index contributed by atoms with van der Waals surface area (Å²) in [5.41, 5.74) is 1.18. The predicted octanol–water partition coefficient (Wildman–Crippen LogP) is 1.21. The van der Waals surface area contributed by atoms with Crippen molar-refractivity contribution < 1.29 is 15.1 Å². The molecule has 0 aromatic rings. The molecule has 4 rings (SSSR count). The molecule has 2 atom stereocenters. The smallest absolute Gasteiger partial charge is 0.243 e. The van der Waals surface area contributed by atoms with E-state index in [1.807, 2.05) is 0 Å². The number of nitrogens with one attached hydrogen (secondary N) is 1. The van der Waals surface area contributed by atoms with Gasteiger partial charge in [0.25, 0.3) is 0 Å². The highest BCUT2D eigenvalue weighted by Gasteiger charge is 2.57. The Balaban J connectivity index is 1.83. The maximum atomic E-state index is 11.4. The minimum absolute atomic E-state index is 0.0361. The van der Waals surface area contributed by atoms with E-state index >= 15 is 0 Å². The number of hydrogen-bond acceptors (Lipinski definition) is 3. The number of hydroxylamine groups is 1. The molecule has 3 N–H and O–H groups in total. The Hall–Kier alpha value is -0.610. The predicted molar refractivity (Wildman–Crippen MR) is 56.6 cm³/mol. The van der Waals surface area contributed by atoms with Crippen molar-refractivity contribution in [1.82, 2.24) is 5.48 Å². The molecule has 0 aliphatic heterocycles. The first-order chi connectivity index (χ1) is 7.53. The number of hydrogen-bond donors (Lipinski definition) is 3. The van der Waals surface area contributed by atoms with Gasteiger partial charge in [-0.15, -0.1) is 0 Å². The van der Waals surface area contributed by atoms with Crippen LogP contribution in [0.5, 0.6) is 0 Å². The molecule has 4 fully saturated rings. The zero-order valence-corrected chi connectivity index (χ0v) is 9.41. The molecule has 0 heterocycles. The van der Waals surface area contributed by atoms with E-state index < -0.39 is 5.60 Å². The lowest BCUT2D eigenvalue weighted by atomic mass is 9.47. The number of aliphatic hydroxyl groups is 1. The molecule has 4 nitrogen and oxygen atoms in total. The lowest BCUT2D eigenvalue weighted by Gasteiger charge is -2.60. The number of rotatable bonds is 2. The molecule has 16 heavy (non-hydrogen) atoms. The molecule has 2 unspecified atom stereocenters. The molecule has 4 heteroatoms. The van der Waals surface area contributed by atoms with Gasteiger partial charge in [-0.25, -0.2) is 5.48 Å². The Kier molecular flexibility index (Phi) is 2.11. The second kappa shape index (κ2) is 3.20. The highest BCUT2D eigenvalue weighted by Crippen LogP contribution is 2.62. The maximum absolute atomic E-state index is 11.4. The van der Waals surface area contributed by atoms with Gasteiger partial charge in [-0.3, -0.25) is 10.0 Å². The van der Waals surface area contributed by atoms with Crippen molar-refractivity contribution in [1.29, 1.82) is 0 Å². The van der Waals surface area contributed by atoms with Crippen molar-refractivity contribution in [3.63, 3.8) is 0 Å². The summed E-state index contributed by atoms with van der Waals surface area (Å²) >= 11 is 0. The Morgan fingerprint density at radius 3 is 2.38 bits per heavy atom. The Labute approximate surface area is 95.0 Å². The molecule has 4 bridgehead atoms. The summed E-state index contributed by atoms with van der Waals surface area (Å²) in [5, 5.41) is 19.1. The Morgan fingerprint density at radius 1 is 1.25 bits per heavy atom. The fourth-order valence-corrected chi connectivity index (χ4v) is 4.99. The van der Waals surface area contributed by atoms with Gasteiger partial charge < -0.3 is 5.11 Å². The van der Waals surface area contributed by atoms with Gasteiger partial charge in [0, 0.05) is 6.42 Å². The van der Waals surface area contributed by atoms with Crippen LogP contribution < -0.4 is 5.48 Å². The van der Waals surface area contributed by atoms with Crippen molar-refractivity contribution in [2.45, 2.75) is 50.5 Å². The van der Waals surface area contributed by atoms with Gasteiger partial charge >= 0.3 is 0 Å². The average Bonchev–Trinajstić information content (AvgIpc) is 2.12. The second-order valence-corrected chi connectivity index (χ2v) is 6.40. The molecular formula is C12H19NO3. The van der Waals surface area contributed by atoms with Gasteiger partial charge in [-0.05, 0) is 55.8 Å². The molecule has 4 aliphatic carbocycles. The summed E-state index contributed by atoms with van der Waals surface area (Å²) in [6, 6.07) is 0. The van der Waals surface area contributed by atoms with Gasteiger partial charge in [-0.2, -0.15) is 0 Å². The van der Waals surface area contributed by atoms with Crippen LogP contribution in [0.25, 0.3) is 0 Å². The first-order valence-electron chi connectivity index (χ1n) is 6.18. The van der Waals surface area contributed by atoms with Crippen LogP contribution in [-0.4, -0.2) is 21.8 Å². The van der Waals surface area contributed by atoms with Crippen molar-refractivity contribution in [2.75, 3.05) is 0 Å². The van der Waals surface area contributed by atoms with Crippen molar-refractivity contribution in [3.05, 3.63) is 0 Å². The summed E-state index contributed by atoms with van der Waals surface area (Å²) in [5.74, 6) is 0.890. The second-order valence-electron chi connectivity index (χ2n) is 6.40. The number of carbonyl (C=O) groups excluding carboxylic acids is 1. The summed E-state index contributed by atoms with van der Waals surface area (Å²) in [7, 11) is 0. The molecule has 1 amide bonds. The van der Waals surface area contributed by atoms with Crippen LogP contribution in [-0.2, 0) is 4.79 Å². The van der Waals surface area contributed by atoms with E-state index in [4.69, 9.17) is 5.21 Å². The third-order valence-corrected chi connectivity index (χ3v) is 4.81.